The second-order valence-electron chi connectivity index (χ2n) is 3.72. The predicted octanol–water partition coefficient (Wildman–Crippen LogP) is 3.31. The van der Waals surface area contributed by atoms with Crippen LogP contribution in [-0.4, -0.2) is 9.78 Å². The van der Waals surface area contributed by atoms with E-state index >= 15 is 0 Å². The lowest BCUT2D eigenvalue weighted by Crippen LogP contribution is -2.02. The summed E-state index contributed by atoms with van der Waals surface area (Å²) in [6.45, 7) is 1.88. The standard InChI is InChI=1S/C11H12ClIN4/c1-6-10(14)11(17(2)16-6)15-9-4-3-7(12)5-8(9)13/h3-5,15H,14H2,1-2H3. The first kappa shape index (κ1) is 12.5. The molecule has 0 saturated heterocycles. The molecular formula is C11H12ClIN4. The second-order valence-corrected chi connectivity index (χ2v) is 5.32. The minimum Gasteiger partial charge on any atom is -0.394 e. The van der Waals surface area contributed by atoms with E-state index in [1.54, 1.807) is 4.68 Å². The Hall–Kier alpha value is -0.950. The van der Waals surface area contributed by atoms with E-state index in [-0.39, 0.29) is 0 Å². The normalized spacial score (nSPS) is 10.6. The van der Waals surface area contributed by atoms with Gasteiger partial charge < -0.3 is 11.1 Å². The fraction of sp³-hybridized carbons (Fsp3) is 0.182. The Kier molecular flexibility index (Phi) is 3.48. The minimum absolute atomic E-state index is 0.665. The fourth-order valence-electron chi connectivity index (χ4n) is 1.54. The lowest BCUT2D eigenvalue weighted by molar-refractivity contribution is 0.765. The number of hydrogen-bond donors (Lipinski definition) is 2. The van der Waals surface area contributed by atoms with Gasteiger partial charge in [-0.1, -0.05) is 11.6 Å². The van der Waals surface area contributed by atoms with Crippen molar-refractivity contribution < 1.29 is 0 Å². The number of nitrogens with two attached hydrogens (primary N) is 1. The van der Waals surface area contributed by atoms with Crippen LogP contribution in [0.1, 0.15) is 5.69 Å². The van der Waals surface area contributed by atoms with Gasteiger partial charge in [0.15, 0.2) is 5.82 Å². The maximum atomic E-state index is 5.96. The average molecular weight is 363 g/mol. The van der Waals surface area contributed by atoms with Crippen LogP contribution in [0.4, 0.5) is 17.2 Å². The zero-order chi connectivity index (χ0) is 12.6. The summed E-state index contributed by atoms with van der Waals surface area (Å²) in [5, 5.41) is 8.24. The molecule has 1 aromatic carbocycles. The molecule has 0 atom stereocenters. The Balaban J connectivity index is 2.38. The molecule has 4 nitrogen and oxygen atoms in total. The Morgan fingerprint density at radius 2 is 2.18 bits per heavy atom. The highest BCUT2D eigenvalue weighted by molar-refractivity contribution is 14.1. The van der Waals surface area contributed by atoms with E-state index in [9.17, 15) is 0 Å². The van der Waals surface area contributed by atoms with Crippen LogP contribution >= 0.6 is 34.2 Å². The molecule has 1 aromatic heterocycles. The van der Waals surface area contributed by atoms with E-state index in [0.29, 0.717) is 10.7 Å². The molecule has 0 aliphatic rings. The van der Waals surface area contributed by atoms with Gasteiger partial charge >= 0.3 is 0 Å². The lowest BCUT2D eigenvalue weighted by Gasteiger charge is -2.09. The molecule has 0 aliphatic heterocycles. The Bertz CT molecular complexity index is 565. The number of rotatable bonds is 2. The highest BCUT2D eigenvalue weighted by atomic mass is 127. The number of nitrogens with one attached hydrogen (secondary N) is 1. The van der Waals surface area contributed by atoms with Crippen molar-refractivity contribution in [1.82, 2.24) is 9.78 Å². The van der Waals surface area contributed by atoms with Crippen molar-refractivity contribution in [2.75, 3.05) is 11.1 Å². The predicted molar refractivity (Wildman–Crippen MR) is 79.8 cm³/mol. The first-order valence-electron chi connectivity index (χ1n) is 5.00. The number of nitrogen functional groups attached to an aromatic ring is 1. The van der Waals surface area contributed by atoms with E-state index < -0.39 is 0 Å². The molecule has 0 radical (unpaired) electrons. The quantitative estimate of drug-likeness (QED) is 0.806. The Morgan fingerprint density at radius 3 is 2.71 bits per heavy atom. The number of aromatic nitrogens is 2. The number of halogens is 2. The lowest BCUT2D eigenvalue weighted by atomic mass is 10.3. The van der Waals surface area contributed by atoms with Gasteiger partial charge in [-0.25, -0.2) is 0 Å². The van der Waals surface area contributed by atoms with Crippen molar-refractivity contribution in [2.24, 2.45) is 7.05 Å². The van der Waals surface area contributed by atoms with E-state index in [2.05, 4.69) is 33.0 Å². The molecule has 0 unspecified atom stereocenters. The number of hydrogen-bond acceptors (Lipinski definition) is 3. The molecule has 90 valence electrons. The van der Waals surface area contributed by atoms with Crippen LogP contribution in [0, 0.1) is 10.5 Å². The fourth-order valence-corrected chi connectivity index (χ4v) is 2.55. The van der Waals surface area contributed by atoms with Crippen LogP contribution in [0.5, 0.6) is 0 Å². The van der Waals surface area contributed by atoms with Crippen LogP contribution in [0.25, 0.3) is 0 Å². The molecule has 0 amide bonds. The van der Waals surface area contributed by atoms with Gasteiger partial charge in [0.05, 0.1) is 17.1 Å². The second kappa shape index (κ2) is 4.73. The van der Waals surface area contributed by atoms with Crippen LogP contribution in [0.2, 0.25) is 5.02 Å². The zero-order valence-electron chi connectivity index (χ0n) is 9.46. The van der Waals surface area contributed by atoms with Gasteiger partial charge in [0.2, 0.25) is 0 Å². The van der Waals surface area contributed by atoms with Gasteiger partial charge in [-0.3, -0.25) is 4.68 Å². The van der Waals surface area contributed by atoms with E-state index in [0.717, 1.165) is 20.8 Å². The maximum absolute atomic E-state index is 5.96. The zero-order valence-corrected chi connectivity index (χ0v) is 12.4. The van der Waals surface area contributed by atoms with Gasteiger partial charge in [0.1, 0.15) is 0 Å². The molecule has 2 aromatic rings. The van der Waals surface area contributed by atoms with Gasteiger partial charge in [-0.2, -0.15) is 5.10 Å². The van der Waals surface area contributed by atoms with Crippen molar-refractivity contribution >= 4 is 51.4 Å². The summed E-state index contributed by atoms with van der Waals surface area (Å²) in [6.07, 6.45) is 0. The largest absolute Gasteiger partial charge is 0.394 e. The highest BCUT2D eigenvalue weighted by Gasteiger charge is 2.11. The molecule has 2 rings (SSSR count). The van der Waals surface area contributed by atoms with Gasteiger partial charge in [-0.15, -0.1) is 0 Å². The van der Waals surface area contributed by atoms with E-state index in [1.165, 1.54) is 0 Å². The summed E-state index contributed by atoms with van der Waals surface area (Å²) in [4.78, 5) is 0. The SMILES string of the molecule is Cc1nn(C)c(Nc2ccc(Cl)cc2I)c1N. The van der Waals surface area contributed by atoms with Crippen molar-refractivity contribution in [3.8, 4) is 0 Å². The molecule has 6 heteroatoms. The Morgan fingerprint density at radius 1 is 1.47 bits per heavy atom. The smallest absolute Gasteiger partial charge is 0.152 e. The molecule has 0 aliphatic carbocycles. The maximum Gasteiger partial charge on any atom is 0.152 e. The third kappa shape index (κ3) is 2.50. The molecule has 1 heterocycles. The van der Waals surface area contributed by atoms with Crippen LogP contribution in [0.15, 0.2) is 18.2 Å². The van der Waals surface area contributed by atoms with Crippen molar-refractivity contribution in [3.63, 3.8) is 0 Å². The summed E-state index contributed by atoms with van der Waals surface area (Å²) in [5.41, 5.74) is 8.40. The molecule has 3 N–H and O–H groups in total. The average Bonchev–Trinajstić information content (AvgIpc) is 2.48. The summed E-state index contributed by atoms with van der Waals surface area (Å²) in [5.74, 6) is 0.794. The van der Waals surface area contributed by atoms with Crippen LogP contribution in [0.3, 0.4) is 0 Å². The summed E-state index contributed by atoms with van der Waals surface area (Å²) >= 11 is 8.14. The van der Waals surface area contributed by atoms with E-state index in [1.807, 2.05) is 32.2 Å². The highest BCUT2D eigenvalue weighted by Crippen LogP contribution is 2.29. The minimum atomic E-state index is 0.665. The van der Waals surface area contributed by atoms with Crippen LogP contribution < -0.4 is 11.1 Å². The molecule has 0 bridgehead atoms. The summed E-state index contributed by atoms with van der Waals surface area (Å²) < 4.78 is 2.77. The van der Waals surface area contributed by atoms with E-state index in [4.69, 9.17) is 17.3 Å². The van der Waals surface area contributed by atoms with Gasteiger partial charge in [-0.05, 0) is 47.7 Å². The summed E-state index contributed by atoms with van der Waals surface area (Å²) in [7, 11) is 1.86. The van der Waals surface area contributed by atoms with Gasteiger partial charge in [0, 0.05) is 15.6 Å². The molecule has 17 heavy (non-hydrogen) atoms. The number of aryl methyl sites for hydroxylation is 2. The third-order valence-corrected chi connectivity index (χ3v) is 3.58. The molecule has 0 fully saturated rings. The molecular weight excluding hydrogens is 351 g/mol. The van der Waals surface area contributed by atoms with Gasteiger partial charge in [0.25, 0.3) is 0 Å². The number of anilines is 3. The Labute approximate surface area is 118 Å². The molecule has 0 spiro atoms. The van der Waals surface area contributed by atoms with Crippen molar-refractivity contribution in [2.45, 2.75) is 6.92 Å². The topological polar surface area (TPSA) is 55.9 Å². The number of nitrogens with zero attached hydrogens (tertiary/aromatic N) is 2. The van der Waals surface area contributed by atoms with Crippen molar-refractivity contribution in [3.05, 3.63) is 32.5 Å². The third-order valence-electron chi connectivity index (χ3n) is 2.45. The first-order valence-corrected chi connectivity index (χ1v) is 6.46. The van der Waals surface area contributed by atoms with Crippen LogP contribution in [-0.2, 0) is 7.05 Å². The summed E-state index contributed by atoms with van der Waals surface area (Å²) in [6, 6.07) is 5.65. The molecule has 0 saturated carbocycles. The monoisotopic (exact) mass is 362 g/mol. The number of benzene rings is 1. The first-order chi connectivity index (χ1) is 7.99. The van der Waals surface area contributed by atoms with Crippen molar-refractivity contribution in [1.29, 1.82) is 0 Å².